The van der Waals surface area contributed by atoms with Crippen molar-refractivity contribution in [2.24, 2.45) is 16.7 Å². The van der Waals surface area contributed by atoms with E-state index in [1.807, 2.05) is 20.8 Å². The quantitative estimate of drug-likeness (QED) is 0.733. The number of carbonyl (C=O) groups excluding carboxylic acids is 2. The molecular formula is C15H23NO4S. The molecule has 0 spiro atoms. The van der Waals surface area contributed by atoms with Crippen molar-refractivity contribution in [2.45, 2.75) is 34.1 Å². The van der Waals surface area contributed by atoms with Gasteiger partial charge in [0.1, 0.15) is 4.91 Å². The summed E-state index contributed by atoms with van der Waals surface area (Å²) >= 11 is 0. The van der Waals surface area contributed by atoms with Gasteiger partial charge in [-0.3, -0.25) is 9.59 Å². The van der Waals surface area contributed by atoms with Crippen molar-refractivity contribution in [3.05, 3.63) is 11.0 Å². The zero-order valence-electron chi connectivity index (χ0n) is 13.3. The molecule has 0 aromatic heterocycles. The zero-order chi connectivity index (χ0) is 16.2. The highest BCUT2D eigenvalue weighted by atomic mass is 32.2. The summed E-state index contributed by atoms with van der Waals surface area (Å²) in [5.41, 5.74) is -1.22. The molecule has 0 N–H and O–H groups in total. The maximum atomic E-state index is 12.6. The average Bonchev–Trinajstić information content (AvgIpc) is 2.32. The van der Waals surface area contributed by atoms with Crippen molar-refractivity contribution < 1.29 is 18.0 Å². The van der Waals surface area contributed by atoms with Crippen molar-refractivity contribution in [1.82, 2.24) is 4.90 Å². The summed E-state index contributed by atoms with van der Waals surface area (Å²) in [7, 11) is -3.56. The van der Waals surface area contributed by atoms with Crippen LogP contribution in [0, 0.1) is 16.7 Å². The second-order valence-corrected chi connectivity index (χ2v) is 9.10. The Kier molecular flexibility index (Phi) is 3.60. The number of likely N-dealkylation sites (tertiary alicyclic amines) is 1. The highest BCUT2D eigenvalue weighted by Crippen LogP contribution is 2.52. The number of carbonyl (C=O) groups is 2. The van der Waals surface area contributed by atoms with Crippen LogP contribution in [0.15, 0.2) is 11.0 Å². The lowest BCUT2D eigenvalue weighted by atomic mass is 9.56. The minimum absolute atomic E-state index is 0.0151. The van der Waals surface area contributed by atoms with E-state index in [9.17, 15) is 18.0 Å². The van der Waals surface area contributed by atoms with Gasteiger partial charge in [0.15, 0.2) is 15.6 Å². The molecule has 1 aliphatic heterocycles. The molecule has 0 bridgehead atoms. The van der Waals surface area contributed by atoms with E-state index in [2.05, 4.69) is 0 Å². The van der Waals surface area contributed by atoms with Gasteiger partial charge in [-0.2, -0.15) is 0 Å². The van der Waals surface area contributed by atoms with Crippen LogP contribution in [-0.2, 0) is 19.4 Å². The number of nitrogens with zero attached hydrogens (tertiary/aromatic N) is 1. The number of allylic oxidation sites excluding steroid dienone is 1. The van der Waals surface area contributed by atoms with Gasteiger partial charge >= 0.3 is 0 Å². The van der Waals surface area contributed by atoms with Gasteiger partial charge < -0.3 is 4.90 Å². The standard InChI is InChI=1S/C15H23NO4S/c1-10(17)16-7-6-12-14(2,3)13(18)11(21(5,19)20)8-15(12,4)9-16/h8,12H,6-7,9H2,1-5H3/t12-,15+/m1/s1. The lowest BCUT2D eigenvalue weighted by Crippen LogP contribution is -2.57. The second-order valence-electron chi connectivity index (χ2n) is 7.12. The first-order valence-corrected chi connectivity index (χ1v) is 9.02. The van der Waals surface area contributed by atoms with Gasteiger partial charge in [0.25, 0.3) is 0 Å². The molecule has 2 rings (SSSR count). The summed E-state index contributed by atoms with van der Waals surface area (Å²) in [4.78, 5) is 25.9. The number of piperidine rings is 1. The fourth-order valence-corrected chi connectivity index (χ4v) is 5.01. The number of amides is 1. The maximum Gasteiger partial charge on any atom is 0.219 e. The summed E-state index contributed by atoms with van der Waals surface area (Å²) in [6.45, 7) is 8.19. The van der Waals surface area contributed by atoms with Crippen molar-refractivity contribution in [1.29, 1.82) is 0 Å². The molecule has 1 fully saturated rings. The summed E-state index contributed by atoms with van der Waals surface area (Å²) in [6, 6.07) is 0. The van der Waals surface area contributed by atoms with Gasteiger partial charge in [-0.1, -0.05) is 26.8 Å². The van der Waals surface area contributed by atoms with Crippen LogP contribution < -0.4 is 0 Å². The molecule has 0 unspecified atom stereocenters. The van der Waals surface area contributed by atoms with Gasteiger partial charge in [0.05, 0.1) is 0 Å². The molecule has 0 aromatic carbocycles. The van der Waals surface area contributed by atoms with Crippen LogP contribution in [0.3, 0.4) is 0 Å². The monoisotopic (exact) mass is 313 g/mol. The smallest absolute Gasteiger partial charge is 0.219 e. The molecular weight excluding hydrogens is 290 g/mol. The van der Waals surface area contributed by atoms with Crippen LogP contribution in [0.4, 0.5) is 0 Å². The van der Waals surface area contributed by atoms with Crippen LogP contribution in [0.2, 0.25) is 0 Å². The number of sulfone groups is 1. The zero-order valence-corrected chi connectivity index (χ0v) is 14.1. The molecule has 1 heterocycles. The van der Waals surface area contributed by atoms with Crippen LogP contribution in [-0.4, -0.2) is 44.4 Å². The Bertz CT molecular complexity index is 632. The molecule has 2 atom stereocenters. The molecule has 2 aliphatic rings. The maximum absolute atomic E-state index is 12.6. The number of fused-ring (bicyclic) bond motifs is 1. The molecule has 1 amide bonds. The van der Waals surface area contributed by atoms with Crippen molar-refractivity contribution in [3.63, 3.8) is 0 Å². The Hall–Kier alpha value is -1.17. The third kappa shape index (κ3) is 2.54. The van der Waals surface area contributed by atoms with Gasteiger partial charge in [0.2, 0.25) is 5.91 Å². The molecule has 0 radical (unpaired) electrons. The highest BCUT2D eigenvalue weighted by molar-refractivity contribution is 7.95. The average molecular weight is 313 g/mol. The SMILES string of the molecule is CC(=O)N1CC[C@@H]2C(C)(C)C(=O)C(S(C)(=O)=O)=C[C@@]2(C)C1. The van der Waals surface area contributed by atoms with Crippen molar-refractivity contribution >= 4 is 21.5 Å². The van der Waals surface area contributed by atoms with E-state index < -0.39 is 20.7 Å². The summed E-state index contributed by atoms with van der Waals surface area (Å²) in [5.74, 6) is -0.277. The molecule has 21 heavy (non-hydrogen) atoms. The van der Waals surface area contributed by atoms with E-state index in [1.54, 1.807) is 11.0 Å². The summed E-state index contributed by atoms with van der Waals surface area (Å²) < 4.78 is 23.9. The van der Waals surface area contributed by atoms with Crippen LogP contribution >= 0.6 is 0 Å². The lowest BCUT2D eigenvalue weighted by molar-refractivity contribution is -0.139. The Labute approximate surface area is 126 Å². The second kappa shape index (κ2) is 4.66. The van der Waals surface area contributed by atoms with E-state index in [4.69, 9.17) is 0 Å². The number of hydrogen-bond donors (Lipinski definition) is 0. The lowest BCUT2D eigenvalue weighted by Gasteiger charge is -2.53. The molecule has 1 aliphatic carbocycles. The fraction of sp³-hybridized carbons (Fsp3) is 0.733. The molecule has 6 heteroatoms. The first kappa shape index (κ1) is 16.2. The van der Waals surface area contributed by atoms with E-state index in [1.165, 1.54) is 6.92 Å². The highest BCUT2D eigenvalue weighted by Gasteiger charge is 2.54. The minimum atomic E-state index is -3.56. The van der Waals surface area contributed by atoms with Crippen LogP contribution in [0.1, 0.15) is 34.1 Å². The normalized spacial score (nSPS) is 32.4. The van der Waals surface area contributed by atoms with Gasteiger partial charge in [-0.05, 0) is 12.3 Å². The number of rotatable bonds is 1. The van der Waals surface area contributed by atoms with E-state index >= 15 is 0 Å². The van der Waals surface area contributed by atoms with E-state index in [0.717, 1.165) is 6.26 Å². The minimum Gasteiger partial charge on any atom is -0.342 e. The molecule has 118 valence electrons. The van der Waals surface area contributed by atoms with Crippen molar-refractivity contribution in [3.8, 4) is 0 Å². The fourth-order valence-electron chi connectivity index (χ4n) is 3.93. The van der Waals surface area contributed by atoms with Gasteiger partial charge in [0, 0.05) is 37.1 Å². The molecule has 1 saturated heterocycles. The Morgan fingerprint density at radius 3 is 2.38 bits per heavy atom. The predicted octanol–water partition coefficient (Wildman–Crippen LogP) is 1.40. The largest absolute Gasteiger partial charge is 0.342 e. The Morgan fingerprint density at radius 1 is 1.33 bits per heavy atom. The van der Waals surface area contributed by atoms with Gasteiger partial charge in [-0.25, -0.2) is 8.42 Å². The van der Waals surface area contributed by atoms with E-state index in [0.29, 0.717) is 19.5 Å². The third-order valence-electron chi connectivity index (χ3n) is 5.00. The predicted molar refractivity (Wildman–Crippen MR) is 80.2 cm³/mol. The number of hydrogen-bond acceptors (Lipinski definition) is 4. The third-order valence-corrected chi connectivity index (χ3v) is 6.10. The molecule has 0 saturated carbocycles. The topological polar surface area (TPSA) is 71.5 Å². The number of Topliss-reactive ketones (excluding diaryl/α,β-unsaturated/α-hetero) is 1. The Morgan fingerprint density at radius 2 is 1.90 bits per heavy atom. The first-order valence-electron chi connectivity index (χ1n) is 7.13. The summed E-state index contributed by atoms with van der Waals surface area (Å²) in [5, 5.41) is 0. The summed E-state index contributed by atoms with van der Waals surface area (Å²) in [6.07, 6.45) is 3.38. The van der Waals surface area contributed by atoms with Gasteiger partial charge in [-0.15, -0.1) is 0 Å². The molecule has 0 aromatic rings. The van der Waals surface area contributed by atoms with Crippen molar-refractivity contribution in [2.75, 3.05) is 19.3 Å². The molecule has 5 nitrogen and oxygen atoms in total. The van der Waals surface area contributed by atoms with Crippen LogP contribution in [0.25, 0.3) is 0 Å². The first-order chi connectivity index (χ1) is 9.39. The van der Waals surface area contributed by atoms with E-state index in [-0.39, 0.29) is 22.5 Å². The number of ketones is 1. The Balaban J connectivity index is 2.58. The van der Waals surface area contributed by atoms with Crippen LogP contribution in [0.5, 0.6) is 0 Å².